The lowest BCUT2D eigenvalue weighted by molar-refractivity contribution is 0.0921. The topological polar surface area (TPSA) is 111 Å². The molecule has 0 saturated heterocycles. The number of rotatable bonds is 5. The van der Waals surface area contributed by atoms with Crippen molar-refractivity contribution < 1.29 is 13.6 Å². The standard InChI is InChI=1S/C23H22ClF2N7O/c1-11-5-19(33-32-11)23(34)30-14-4-2-3-13(8-14)29-22-18(26)10-28-21(31-22)16-9-27-20-15(16)6-12(24)7-17(20)25/h5-7,9-10,13-14,27H,2-4,8H2,1H3,(H,30,34)(H,32,33)(H,28,29,31)/t13?,14-/m1/s1. The largest absolute Gasteiger partial charge is 0.365 e. The third-order valence-electron chi connectivity index (χ3n) is 5.98. The number of aromatic nitrogens is 5. The zero-order valence-corrected chi connectivity index (χ0v) is 19.0. The number of fused-ring (bicyclic) bond motifs is 1. The van der Waals surface area contributed by atoms with E-state index < -0.39 is 11.6 Å². The highest BCUT2D eigenvalue weighted by molar-refractivity contribution is 6.31. The van der Waals surface area contributed by atoms with Crippen molar-refractivity contribution in [2.45, 2.75) is 44.7 Å². The number of halogens is 3. The van der Waals surface area contributed by atoms with Crippen LogP contribution in [0.2, 0.25) is 5.02 Å². The molecule has 1 aliphatic rings. The summed E-state index contributed by atoms with van der Waals surface area (Å²) in [6.07, 6.45) is 5.77. The van der Waals surface area contributed by atoms with Crippen LogP contribution in [0, 0.1) is 18.6 Å². The zero-order chi connectivity index (χ0) is 23.8. The number of carbonyl (C=O) groups is 1. The predicted molar refractivity (Wildman–Crippen MR) is 125 cm³/mol. The van der Waals surface area contributed by atoms with Crippen LogP contribution in [-0.4, -0.2) is 43.1 Å². The number of aryl methyl sites for hydroxylation is 1. The van der Waals surface area contributed by atoms with E-state index in [-0.39, 0.29) is 40.2 Å². The van der Waals surface area contributed by atoms with Crippen molar-refractivity contribution in [2.24, 2.45) is 0 Å². The Balaban J connectivity index is 1.33. The monoisotopic (exact) mass is 485 g/mol. The van der Waals surface area contributed by atoms with Gasteiger partial charge in [0.2, 0.25) is 0 Å². The molecular weight excluding hydrogens is 464 g/mol. The molecule has 1 amide bonds. The molecule has 2 atom stereocenters. The third kappa shape index (κ3) is 4.45. The van der Waals surface area contributed by atoms with Gasteiger partial charge in [-0.05, 0) is 50.8 Å². The first-order valence-corrected chi connectivity index (χ1v) is 11.3. The van der Waals surface area contributed by atoms with Crippen LogP contribution in [0.15, 0.2) is 30.6 Å². The van der Waals surface area contributed by atoms with Crippen LogP contribution < -0.4 is 10.6 Å². The van der Waals surface area contributed by atoms with Gasteiger partial charge in [-0.25, -0.2) is 18.7 Å². The molecule has 3 heterocycles. The highest BCUT2D eigenvalue weighted by Gasteiger charge is 2.26. The predicted octanol–water partition coefficient (Wildman–Crippen LogP) is 4.74. The van der Waals surface area contributed by atoms with Gasteiger partial charge in [-0.1, -0.05) is 11.6 Å². The number of anilines is 1. The fraction of sp³-hybridized carbons (Fsp3) is 0.304. The second-order valence-electron chi connectivity index (χ2n) is 8.52. The maximum absolute atomic E-state index is 14.6. The Labute approximate surface area is 198 Å². The molecular formula is C23H22ClF2N7O. The molecule has 0 aliphatic heterocycles. The van der Waals surface area contributed by atoms with E-state index in [0.717, 1.165) is 31.2 Å². The van der Waals surface area contributed by atoms with E-state index in [1.165, 1.54) is 6.07 Å². The molecule has 1 aliphatic carbocycles. The SMILES string of the molecule is Cc1cc(C(=O)N[C@@H]2CCCC(Nc3nc(-c4c[nH]c5c(F)cc(Cl)cc45)ncc3F)C2)n[nH]1. The first-order chi connectivity index (χ1) is 16.4. The summed E-state index contributed by atoms with van der Waals surface area (Å²) in [6.45, 7) is 1.83. The molecule has 34 heavy (non-hydrogen) atoms. The molecule has 0 radical (unpaired) electrons. The molecule has 0 spiro atoms. The fourth-order valence-electron chi connectivity index (χ4n) is 4.38. The van der Waals surface area contributed by atoms with Crippen LogP contribution in [0.3, 0.4) is 0 Å². The van der Waals surface area contributed by atoms with Gasteiger partial charge in [-0.15, -0.1) is 0 Å². The maximum Gasteiger partial charge on any atom is 0.271 e. The molecule has 4 aromatic rings. The van der Waals surface area contributed by atoms with Crippen molar-refractivity contribution >= 4 is 34.2 Å². The van der Waals surface area contributed by atoms with Crippen molar-refractivity contribution in [1.29, 1.82) is 0 Å². The fourth-order valence-corrected chi connectivity index (χ4v) is 4.58. The first-order valence-electron chi connectivity index (χ1n) is 11.0. The van der Waals surface area contributed by atoms with Gasteiger partial charge in [0.05, 0.1) is 11.7 Å². The van der Waals surface area contributed by atoms with Gasteiger partial charge in [0, 0.05) is 39.9 Å². The molecule has 1 unspecified atom stereocenters. The Bertz CT molecular complexity index is 1370. The summed E-state index contributed by atoms with van der Waals surface area (Å²) < 4.78 is 28.8. The van der Waals surface area contributed by atoms with Crippen LogP contribution in [0.5, 0.6) is 0 Å². The number of aromatic amines is 2. The van der Waals surface area contributed by atoms with Crippen molar-refractivity contribution in [3.05, 3.63) is 58.6 Å². The highest BCUT2D eigenvalue weighted by Crippen LogP contribution is 2.31. The van der Waals surface area contributed by atoms with Crippen LogP contribution >= 0.6 is 11.6 Å². The minimum Gasteiger partial charge on any atom is -0.365 e. The second-order valence-corrected chi connectivity index (χ2v) is 8.95. The normalized spacial score (nSPS) is 18.2. The summed E-state index contributed by atoms with van der Waals surface area (Å²) >= 11 is 6.01. The van der Waals surface area contributed by atoms with Crippen molar-refractivity contribution in [3.63, 3.8) is 0 Å². The number of H-pyrrole nitrogens is 2. The Morgan fingerprint density at radius 3 is 2.79 bits per heavy atom. The molecule has 4 N–H and O–H groups in total. The van der Waals surface area contributed by atoms with E-state index >= 15 is 0 Å². The highest BCUT2D eigenvalue weighted by atomic mass is 35.5. The van der Waals surface area contributed by atoms with Gasteiger partial charge < -0.3 is 15.6 Å². The number of nitrogens with zero attached hydrogens (tertiary/aromatic N) is 3. The summed E-state index contributed by atoms with van der Waals surface area (Å²) in [5.41, 5.74) is 1.94. The molecule has 3 aromatic heterocycles. The smallest absolute Gasteiger partial charge is 0.271 e. The molecule has 1 saturated carbocycles. The van der Waals surface area contributed by atoms with Gasteiger partial charge >= 0.3 is 0 Å². The second kappa shape index (κ2) is 9.02. The summed E-state index contributed by atoms with van der Waals surface area (Å²) in [5, 5.41) is 13.7. The lowest BCUT2D eigenvalue weighted by Gasteiger charge is -2.30. The van der Waals surface area contributed by atoms with Crippen molar-refractivity contribution in [1.82, 2.24) is 30.5 Å². The number of hydrogen-bond acceptors (Lipinski definition) is 5. The van der Waals surface area contributed by atoms with Gasteiger partial charge in [0.1, 0.15) is 11.5 Å². The zero-order valence-electron chi connectivity index (χ0n) is 18.3. The average Bonchev–Trinajstić information content (AvgIpc) is 3.42. The number of hydrogen-bond donors (Lipinski definition) is 4. The Morgan fingerprint density at radius 2 is 2.00 bits per heavy atom. The quantitative estimate of drug-likeness (QED) is 0.326. The van der Waals surface area contributed by atoms with Crippen molar-refractivity contribution in [3.8, 4) is 11.4 Å². The van der Waals surface area contributed by atoms with Crippen LogP contribution in [-0.2, 0) is 0 Å². The van der Waals surface area contributed by atoms with Gasteiger partial charge in [-0.2, -0.15) is 5.10 Å². The van der Waals surface area contributed by atoms with Gasteiger partial charge in [0.25, 0.3) is 5.91 Å². The lowest BCUT2D eigenvalue weighted by Crippen LogP contribution is -2.42. The van der Waals surface area contributed by atoms with E-state index in [0.29, 0.717) is 23.1 Å². The Hall–Kier alpha value is -3.53. The van der Waals surface area contributed by atoms with E-state index in [9.17, 15) is 13.6 Å². The van der Waals surface area contributed by atoms with E-state index in [1.807, 2.05) is 6.92 Å². The molecule has 1 aromatic carbocycles. The van der Waals surface area contributed by atoms with Crippen molar-refractivity contribution in [2.75, 3.05) is 5.32 Å². The summed E-state index contributed by atoms with van der Waals surface area (Å²) in [4.78, 5) is 23.8. The Kier molecular flexibility index (Phi) is 5.91. The summed E-state index contributed by atoms with van der Waals surface area (Å²) in [7, 11) is 0. The average molecular weight is 486 g/mol. The summed E-state index contributed by atoms with van der Waals surface area (Å²) in [5.74, 6) is -1.02. The Morgan fingerprint density at radius 1 is 1.18 bits per heavy atom. The molecule has 5 rings (SSSR count). The van der Waals surface area contributed by atoms with E-state index in [1.54, 1.807) is 18.3 Å². The molecule has 176 valence electrons. The number of nitrogens with one attached hydrogen (secondary N) is 4. The third-order valence-corrected chi connectivity index (χ3v) is 6.20. The lowest BCUT2D eigenvalue weighted by atomic mass is 9.91. The molecule has 0 bridgehead atoms. The van der Waals surface area contributed by atoms with Gasteiger partial charge in [0.15, 0.2) is 17.5 Å². The maximum atomic E-state index is 14.6. The van der Waals surface area contributed by atoms with Crippen LogP contribution in [0.1, 0.15) is 41.9 Å². The minimum absolute atomic E-state index is 0.0572. The number of carbonyl (C=O) groups excluding carboxylic acids is 1. The first kappa shape index (κ1) is 22.3. The van der Waals surface area contributed by atoms with E-state index in [4.69, 9.17) is 11.6 Å². The van der Waals surface area contributed by atoms with E-state index in [2.05, 4.69) is 35.8 Å². The van der Waals surface area contributed by atoms with Crippen LogP contribution in [0.4, 0.5) is 14.6 Å². The molecule has 8 nitrogen and oxygen atoms in total. The minimum atomic E-state index is -0.592. The van der Waals surface area contributed by atoms with Gasteiger partial charge in [-0.3, -0.25) is 9.89 Å². The summed E-state index contributed by atoms with van der Waals surface area (Å²) in [6, 6.07) is 4.36. The molecule has 11 heteroatoms. The van der Waals surface area contributed by atoms with Crippen LogP contribution in [0.25, 0.3) is 22.3 Å². The number of benzene rings is 1. The number of amides is 1. The molecule has 1 fully saturated rings.